The molecule has 27 heavy (non-hydrogen) atoms. The molecule has 2 aliphatic rings. The van der Waals surface area contributed by atoms with Crippen molar-refractivity contribution in [2.24, 2.45) is 0 Å². The van der Waals surface area contributed by atoms with Crippen LogP contribution in [-0.2, 0) is 12.8 Å². The fourth-order valence-corrected chi connectivity index (χ4v) is 4.36. The predicted molar refractivity (Wildman–Crippen MR) is 113 cm³/mol. The third-order valence-corrected chi connectivity index (χ3v) is 6.26. The third kappa shape index (κ3) is 3.98. The Kier molecular flexibility index (Phi) is 4.90. The van der Waals surface area contributed by atoms with Gasteiger partial charge in [-0.2, -0.15) is 0 Å². The molecule has 2 aliphatic heterocycles. The van der Waals surface area contributed by atoms with E-state index in [1.54, 1.807) is 0 Å². The Morgan fingerprint density at radius 2 is 1.78 bits per heavy atom. The predicted octanol–water partition coefficient (Wildman–Crippen LogP) is 4.38. The molecule has 1 saturated heterocycles. The Labute approximate surface area is 163 Å². The van der Waals surface area contributed by atoms with Crippen LogP contribution in [0.1, 0.15) is 35.6 Å². The van der Waals surface area contributed by atoms with E-state index in [9.17, 15) is 0 Å². The van der Waals surface area contributed by atoms with Gasteiger partial charge in [0.2, 0.25) is 0 Å². The van der Waals surface area contributed by atoms with Crippen LogP contribution in [0.5, 0.6) is 5.75 Å². The van der Waals surface area contributed by atoms with Crippen LogP contribution in [0, 0.1) is 13.8 Å². The van der Waals surface area contributed by atoms with Gasteiger partial charge in [-0.05, 0) is 75.5 Å². The van der Waals surface area contributed by atoms with E-state index in [1.165, 1.54) is 27.9 Å². The Balaban J connectivity index is 1.53. The van der Waals surface area contributed by atoms with E-state index in [2.05, 4.69) is 74.0 Å². The molecule has 0 aliphatic carbocycles. The standard InChI is InChI=1S/C24H32N2O/c1-18-5-8-23-20(15-18)9-10-24(3,27-23)17-21-16-22(7-6-19(21)2)26-13-11-25(4)12-14-26/h5-8,15-16H,9-14,17H2,1-4H3. The van der Waals surface area contributed by atoms with Gasteiger partial charge in [-0.1, -0.05) is 23.8 Å². The van der Waals surface area contributed by atoms with Crippen molar-refractivity contribution < 1.29 is 4.74 Å². The lowest BCUT2D eigenvalue weighted by atomic mass is 9.85. The summed E-state index contributed by atoms with van der Waals surface area (Å²) in [7, 11) is 2.21. The summed E-state index contributed by atoms with van der Waals surface area (Å²) in [6.45, 7) is 11.2. The van der Waals surface area contributed by atoms with Crippen molar-refractivity contribution in [2.45, 2.75) is 45.6 Å². The van der Waals surface area contributed by atoms with Crippen LogP contribution in [0.4, 0.5) is 5.69 Å². The van der Waals surface area contributed by atoms with Gasteiger partial charge in [-0.15, -0.1) is 0 Å². The molecule has 0 amide bonds. The Bertz CT molecular complexity index is 823. The number of hydrogen-bond donors (Lipinski definition) is 0. The highest BCUT2D eigenvalue weighted by Crippen LogP contribution is 2.36. The number of likely N-dealkylation sites (N-methyl/N-ethyl adjacent to an activating group) is 1. The molecule has 1 atom stereocenters. The molecule has 4 rings (SSSR count). The number of rotatable bonds is 3. The van der Waals surface area contributed by atoms with Crippen LogP contribution in [-0.4, -0.2) is 43.7 Å². The SMILES string of the molecule is Cc1ccc2c(c1)CCC(C)(Cc1cc(N3CCN(C)CC3)ccc1C)O2. The average molecular weight is 365 g/mol. The molecule has 0 radical (unpaired) electrons. The van der Waals surface area contributed by atoms with Gasteiger partial charge in [0.15, 0.2) is 0 Å². The molecule has 3 heteroatoms. The summed E-state index contributed by atoms with van der Waals surface area (Å²) in [5.74, 6) is 1.07. The molecule has 0 aromatic heterocycles. The van der Waals surface area contributed by atoms with Crippen molar-refractivity contribution in [1.82, 2.24) is 4.90 Å². The van der Waals surface area contributed by atoms with E-state index >= 15 is 0 Å². The lowest BCUT2D eigenvalue weighted by Gasteiger charge is -2.37. The van der Waals surface area contributed by atoms with Gasteiger partial charge in [0, 0.05) is 38.3 Å². The first-order valence-electron chi connectivity index (χ1n) is 10.2. The fourth-order valence-electron chi connectivity index (χ4n) is 4.36. The first-order valence-corrected chi connectivity index (χ1v) is 10.2. The molecule has 1 unspecified atom stereocenters. The summed E-state index contributed by atoms with van der Waals surface area (Å²) in [6.07, 6.45) is 3.14. The van der Waals surface area contributed by atoms with E-state index in [1.807, 2.05) is 0 Å². The number of hydrogen-bond acceptors (Lipinski definition) is 3. The minimum Gasteiger partial charge on any atom is -0.487 e. The van der Waals surface area contributed by atoms with Crippen LogP contribution in [0.25, 0.3) is 0 Å². The van der Waals surface area contributed by atoms with Crippen molar-refractivity contribution in [3.8, 4) is 5.75 Å². The minimum atomic E-state index is -0.131. The van der Waals surface area contributed by atoms with Crippen LogP contribution in [0.15, 0.2) is 36.4 Å². The van der Waals surface area contributed by atoms with E-state index in [4.69, 9.17) is 4.74 Å². The second kappa shape index (κ2) is 7.20. The highest BCUT2D eigenvalue weighted by molar-refractivity contribution is 5.52. The molecule has 144 valence electrons. The number of benzene rings is 2. The van der Waals surface area contributed by atoms with Crippen molar-refractivity contribution >= 4 is 5.69 Å². The topological polar surface area (TPSA) is 15.7 Å². The fraction of sp³-hybridized carbons (Fsp3) is 0.500. The smallest absolute Gasteiger partial charge is 0.123 e. The lowest BCUT2D eigenvalue weighted by molar-refractivity contribution is 0.0652. The largest absolute Gasteiger partial charge is 0.487 e. The maximum absolute atomic E-state index is 6.51. The second-order valence-corrected chi connectivity index (χ2v) is 8.74. The van der Waals surface area contributed by atoms with Crippen molar-refractivity contribution in [3.63, 3.8) is 0 Å². The van der Waals surface area contributed by atoms with Crippen molar-refractivity contribution in [3.05, 3.63) is 58.7 Å². The zero-order valence-electron chi connectivity index (χ0n) is 17.2. The number of ether oxygens (including phenoxy) is 1. The maximum Gasteiger partial charge on any atom is 0.123 e. The summed E-state index contributed by atoms with van der Waals surface area (Å²) >= 11 is 0. The van der Waals surface area contributed by atoms with Gasteiger partial charge in [0.25, 0.3) is 0 Å². The number of anilines is 1. The zero-order chi connectivity index (χ0) is 19.0. The molecule has 1 fully saturated rings. The molecule has 0 saturated carbocycles. The Morgan fingerprint density at radius 1 is 1.00 bits per heavy atom. The summed E-state index contributed by atoms with van der Waals surface area (Å²) in [5.41, 5.74) is 6.69. The highest BCUT2D eigenvalue weighted by atomic mass is 16.5. The molecule has 0 bridgehead atoms. The van der Waals surface area contributed by atoms with E-state index in [-0.39, 0.29) is 5.60 Å². The summed E-state index contributed by atoms with van der Waals surface area (Å²) in [6, 6.07) is 13.5. The molecule has 2 aromatic carbocycles. The van der Waals surface area contributed by atoms with E-state index in [0.717, 1.165) is 51.2 Å². The van der Waals surface area contributed by atoms with Crippen molar-refractivity contribution in [1.29, 1.82) is 0 Å². The lowest BCUT2D eigenvalue weighted by Crippen LogP contribution is -2.44. The number of nitrogens with zero attached hydrogens (tertiary/aromatic N) is 2. The Hall–Kier alpha value is -2.00. The van der Waals surface area contributed by atoms with Gasteiger partial charge in [0.1, 0.15) is 11.4 Å². The normalized spacial score (nSPS) is 23.0. The minimum absolute atomic E-state index is 0.131. The molecular weight excluding hydrogens is 332 g/mol. The molecule has 0 spiro atoms. The summed E-state index contributed by atoms with van der Waals surface area (Å²) in [5, 5.41) is 0. The summed E-state index contributed by atoms with van der Waals surface area (Å²) < 4.78 is 6.51. The molecular formula is C24H32N2O. The third-order valence-electron chi connectivity index (χ3n) is 6.26. The van der Waals surface area contributed by atoms with E-state index in [0.29, 0.717) is 0 Å². The first-order chi connectivity index (χ1) is 12.9. The maximum atomic E-state index is 6.51. The zero-order valence-corrected chi connectivity index (χ0v) is 17.2. The number of piperazine rings is 1. The van der Waals surface area contributed by atoms with Gasteiger partial charge in [0.05, 0.1) is 0 Å². The van der Waals surface area contributed by atoms with Gasteiger partial charge in [-0.3, -0.25) is 0 Å². The molecule has 2 heterocycles. The summed E-state index contributed by atoms with van der Waals surface area (Å²) in [4.78, 5) is 4.92. The van der Waals surface area contributed by atoms with Gasteiger partial charge in [-0.25, -0.2) is 0 Å². The van der Waals surface area contributed by atoms with Crippen LogP contribution >= 0.6 is 0 Å². The number of aryl methyl sites for hydroxylation is 3. The van der Waals surface area contributed by atoms with Crippen LogP contribution in [0.3, 0.4) is 0 Å². The number of fused-ring (bicyclic) bond motifs is 1. The Morgan fingerprint density at radius 3 is 2.56 bits per heavy atom. The van der Waals surface area contributed by atoms with E-state index < -0.39 is 0 Å². The average Bonchev–Trinajstić information content (AvgIpc) is 2.64. The first kappa shape index (κ1) is 18.4. The van der Waals surface area contributed by atoms with Crippen LogP contribution < -0.4 is 9.64 Å². The van der Waals surface area contributed by atoms with Crippen molar-refractivity contribution in [2.75, 3.05) is 38.1 Å². The van der Waals surface area contributed by atoms with Crippen LogP contribution in [0.2, 0.25) is 0 Å². The molecule has 0 N–H and O–H groups in total. The van der Waals surface area contributed by atoms with Gasteiger partial charge < -0.3 is 14.5 Å². The quantitative estimate of drug-likeness (QED) is 0.804. The molecule has 2 aromatic rings. The highest BCUT2D eigenvalue weighted by Gasteiger charge is 2.32. The van der Waals surface area contributed by atoms with Gasteiger partial charge >= 0.3 is 0 Å². The second-order valence-electron chi connectivity index (χ2n) is 8.74. The monoisotopic (exact) mass is 364 g/mol. The molecule has 3 nitrogen and oxygen atoms in total.